The van der Waals surface area contributed by atoms with E-state index in [1.807, 2.05) is 13.1 Å². The predicted molar refractivity (Wildman–Crippen MR) is 72.8 cm³/mol. The molecule has 0 radical (unpaired) electrons. The molecule has 0 aromatic carbocycles. The van der Waals surface area contributed by atoms with Crippen molar-refractivity contribution in [2.45, 2.75) is 45.8 Å². The first-order valence-corrected chi connectivity index (χ1v) is 7.26. The minimum atomic E-state index is 0.732. The highest BCUT2D eigenvalue weighted by Gasteiger charge is 2.21. The molecule has 0 atom stereocenters. The summed E-state index contributed by atoms with van der Waals surface area (Å²) in [5, 5.41) is 6.80. The summed E-state index contributed by atoms with van der Waals surface area (Å²) in [4.78, 5) is 8.94. The average molecular weight is 262 g/mol. The van der Waals surface area contributed by atoms with Crippen LogP contribution < -0.4 is 5.32 Å². The summed E-state index contributed by atoms with van der Waals surface area (Å²) in [5.41, 5.74) is 2.39. The number of aryl methyl sites for hydroxylation is 2. The monoisotopic (exact) mass is 262 g/mol. The van der Waals surface area contributed by atoms with Crippen molar-refractivity contribution in [1.29, 1.82) is 0 Å². The van der Waals surface area contributed by atoms with Gasteiger partial charge in [-0.15, -0.1) is 11.3 Å². The summed E-state index contributed by atoms with van der Waals surface area (Å²) >= 11 is 1.71. The molecule has 1 aliphatic rings. The average Bonchev–Trinajstić information content (AvgIpc) is 3.00. The Morgan fingerprint density at radius 2 is 2.28 bits per heavy atom. The first-order valence-electron chi connectivity index (χ1n) is 6.38. The van der Waals surface area contributed by atoms with Gasteiger partial charge < -0.3 is 9.88 Å². The van der Waals surface area contributed by atoms with Crippen molar-refractivity contribution in [1.82, 2.24) is 19.9 Å². The van der Waals surface area contributed by atoms with E-state index in [4.69, 9.17) is 0 Å². The minimum absolute atomic E-state index is 0.732. The van der Waals surface area contributed by atoms with Crippen molar-refractivity contribution in [3.63, 3.8) is 0 Å². The van der Waals surface area contributed by atoms with E-state index in [2.05, 4.69) is 32.2 Å². The van der Waals surface area contributed by atoms with E-state index in [0.717, 1.165) is 35.7 Å². The van der Waals surface area contributed by atoms with Gasteiger partial charge in [0.05, 0.1) is 22.9 Å². The highest BCUT2D eigenvalue weighted by Crippen LogP contribution is 2.20. The van der Waals surface area contributed by atoms with Crippen LogP contribution in [-0.2, 0) is 13.1 Å². The Kier molecular flexibility index (Phi) is 3.18. The fourth-order valence-electron chi connectivity index (χ4n) is 2.05. The largest absolute Gasteiger partial charge is 0.325 e. The van der Waals surface area contributed by atoms with Gasteiger partial charge in [-0.05, 0) is 26.7 Å². The Labute approximate surface area is 111 Å². The van der Waals surface area contributed by atoms with Crippen LogP contribution in [0.15, 0.2) is 11.6 Å². The standard InChI is InChI=1S/C13H18N4S/c1-9-14-5-13(6-15-11-3-4-11)17(9)7-12-8-18-10(2)16-12/h5,8,11,15H,3-4,6-7H2,1-2H3. The van der Waals surface area contributed by atoms with E-state index in [-0.39, 0.29) is 0 Å². The molecule has 1 aliphatic carbocycles. The number of rotatable bonds is 5. The van der Waals surface area contributed by atoms with Crippen LogP contribution in [-0.4, -0.2) is 20.6 Å². The van der Waals surface area contributed by atoms with E-state index in [1.165, 1.54) is 18.5 Å². The molecule has 5 heteroatoms. The molecular weight excluding hydrogens is 244 g/mol. The molecule has 4 nitrogen and oxygen atoms in total. The maximum absolute atomic E-state index is 4.52. The van der Waals surface area contributed by atoms with Crippen molar-refractivity contribution in [2.75, 3.05) is 0 Å². The van der Waals surface area contributed by atoms with Crippen molar-refractivity contribution < 1.29 is 0 Å². The molecule has 0 spiro atoms. The summed E-state index contributed by atoms with van der Waals surface area (Å²) in [6, 6.07) is 0.732. The Balaban J connectivity index is 1.74. The van der Waals surface area contributed by atoms with Gasteiger partial charge in [0, 0.05) is 24.2 Å². The third-order valence-electron chi connectivity index (χ3n) is 3.27. The van der Waals surface area contributed by atoms with Gasteiger partial charge in [-0.3, -0.25) is 0 Å². The lowest BCUT2D eigenvalue weighted by atomic mass is 10.4. The molecule has 1 N–H and O–H groups in total. The number of nitrogens with one attached hydrogen (secondary N) is 1. The van der Waals surface area contributed by atoms with Crippen molar-refractivity contribution in [3.8, 4) is 0 Å². The van der Waals surface area contributed by atoms with Gasteiger partial charge in [0.2, 0.25) is 0 Å². The van der Waals surface area contributed by atoms with Crippen LogP contribution in [0.5, 0.6) is 0 Å². The highest BCUT2D eigenvalue weighted by atomic mass is 32.1. The van der Waals surface area contributed by atoms with E-state index in [9.17, 15) is 0 Å². The van der Waals surface area contributed by atoms with Gasteiger partial charge in [0.15, 0.2) is 0 Å². The lowest BCUT2D eigenvalue weighted by Crippen LogP contribution is -2.18. The van der Waals surface area contributed by atoms with Crippen molar-refractivity contribution in [2.24, 2.45) is 0 Å². The maximum Gasteiger partial charge on any atom is 0.106 e. The summed E-state index contributed by atoms with van der Waals surface area (Å²) in [6.07, 6.45) is 4.61. The van der Waals surface area contributed by atoms with Crippen LogP contribution >= 0.6 is 11.3 Å². The number of hydrogen-bond donors (Lipinski definition) is 1. The van der Waals surface area contributed by atoms with Crippen LogP contribution in [0, 0.1) is 13.8 Å². The van der Waals surface area contributed by atoms with Crippen LogP contribution in [0.25, 0.3) is 0 Å². The zero-order valence-corrected chi connectivity index (χ0v) is 11.6. The van der Waals surface area contributed by atoms with Crippen LogP contribution in [0.3, 0.4) is 0 Å². The lowest BCUT2D eigenvalue weighted by Gasteiger charge is -2.09. The molecule has 1 fully saturated rings. The predicted octanol–water partition coefficient (Wildman–Crippen LogP) is 2.26. The normalized spacial score (nSPS) is 15.2. The second-order valence-electron chi connectivity index (χ2n) is 4.90. The zero-order chi connectivity index (χ0) is 12.5. The molecule has 0 saturated heterocycles. The number of hydrogen-bond acceptors (Lipinski definition) is 4. The smallest absolute Gasteiger partial charge is 0.106 e. The second kappa shape index (κ2) is 4.82. The van der Waals surface area contributed by atoms with Crippen LogP contribution in [0.4, 0.5) is 0 Å². The summed E-state index contributed by atoms with van der Waals surface area (Å²) < 4.78 is 2.25. The molecular formula is C13H18N4S. The Morgan fingerprint density at radius 3 is 2.94 bits per heavy atom. The fraction of sp³-hybridized carbons (Fsp3) is 0.538. The topological polar surface area (TPSA) is 42.7 Å². The molecule has 3 rings (SSSR count). The van der Waals surface area contributed by atoms with Gasteiger partial charge in [-0.2, -0.15) is 0 Å². The summed E-state index contributed by atoms with van der Waals surface area (Å²) in [5.74, 6) is 1.06. The molecule has 18 heavy (non-hydrogen) atoms. The lowest BCUT2D eigenvalue weighted by molar-refractivity contribution is 0.623. The number of imidazole rings is 1. The van der Waals surface area contributed by atoms with Gasteiger partial charge in [0.25, 0.3) is 0 Å². The molecule has 0 bridgehead atoms. The highest BCUT2D eigenvalue weighted by molar-refractivity contribution is 7.09. The SMILES string of the molecule is Cc1nc(Cn2c(CNC3CC3)cnc2C)cs1. The first-order chi connectivity index (χ1) is 8.72. The second-order valence-corrected chi connectivity index (χ2v) is 5.96. The van der Waals surface area contributed by atoms with Crippen LogP contribution in [0.1, 0.15) is 35.1 Å². The van der Waals surface area contributed by atoms with Gasteiger partial charge in [-0.1, -0.05) is 0 Å². The van der Waals surface area contributed by atoms with Crippen molar-refractivity contribution in [3.05, 3.63) is 33.8 Å². The number of nitrogens with zero attached hydrogens (tertiary/aromatic N) is 3. The molecule has 2 aromatic rings. The first kappa shape index (κ1) is 11.9. The van der Waals surface area contributed by atoms with Gasteiger partial charge in [0.1, 0.15) is 5.82 Å². The Bertz CT molecular complexity index is 539. The number of aromatic nitrogens is 3. The molecule has 0 unspecified atom stereocenters. The Hall–Kier alpha value is -1.20. The zero-order valence-electron chi connectivity index (χ0n) is 10.8. The van der Waals surface area contributed by atoms with E-state index in [0.29, 0.717) is 0 Å². The fourth-order valence-corrected chi connectivity index (χ4v) is 2.66. The molecule has 0 amide bonds. The third-order valence-corrected chi connectivity index (χ3v) is 4.10. The van der Waals surface area contributed by atoms with Crippen LogP contribution in [0.2, 0.25) is 0 Å². The Morgan fingerprint density at radius 1 is 1.44 bits per heavy atom. The molecule has 2 heterocycles. The molecule has 0 aliphatic heterocycles. The quantitative estimate of drug-likeness (QED) is 0.898. The molecule has 1 saturated carbocycles. The van der Waals surface area contributed by atoms with Gasteiger partial charge in [-0.25, -0.2) is 9.97 Å². The third kappa shape index (κ3) is 2.62. The summed E-state index contributed by atoms with van der Waals surface area (Å²) in [6.45, 7) is 5.84. The maximum atomic E-state index is 4.52. The molecule has 96 valence electrons. The van der Waals surface area contributed by atoms with E-state index in [1.54, 1.807) is 11.3 Å². The minimum Gasteiger partial charge on any atom is -0.325 e. The van der Waals surface area contributed by atoms with Crippen molar-refractivity contribution >= 4 is 11.3 Å². The van der Waals surface area contributed by atoms with E-state index >= 15 is 0 Å². The van der Waals surface area contributed by atoms with Gasteiger partial charge >= 0.3 is 0 Å². The van der Waals surface area contributed by atoms with E-state index < -0.39 is 0 Å². The number of thiazole rings is 1. The molecule has 2 aromatic heterocycles. The summed E-state index contributed by atoms with van der Waals surface area (Å²) in [7, 11) is 0.